The van der Waals surface area contributed by atoms with E-state index in [0.717, 1.165) is 5.39 Å². The van der Waals surface area contributed by atoms with Gasteiger partial charge < -0.3 is 0 Å². The molecular weight excluding hydrogens is 246 g/mol. The molecule has 0 atom stereocenters. The zero-order valence-electron chi connectivity index (χ0n) is 8.01. The molecule has 0 N–H and O–H groups in total. The molecule has 0 spiro atoms. The number of hydrogen-bond acceptors (Lipinski definition) is 2. The normalized spacial score (nSPS) is 17.2. The van der Waals surface area contributed by atoms with E-state index in [-0.39, 0.29) is 10.1 Å². The predicted molar refractivity (Wildman–Crippen MR) is 63.5 cm³/mol. The van der Waals surface area contributed by atoms with Gasteiger partial charge in [-0.05, 0) is 11.5 Å². The van der Waals surface area contributed by atoms with Crippen LogP contribution in [0.5, 0.6) is 0 Å². The highest BCUT2D eigenvalue weighted by Crippen LogP contribution is 2.32. The molecule has 16 heavy (non-hydrogen) atoms. The first-order valence-electron chi connectivity index (χ1n) is 4.62. The summed E-state index contributed by atoms with van der Waals surface area (Å²) in [4.78, 5) is 0.227. The topological polar surface area (TPSA) is 46.5 Å². The van der Waals surface area contributed by atoms with Crippen molar-refractivity contribution >= 4 is 37.6 Å². The van der Waals surface area contributed by atoms with Gasteiger partial charge in [-0.25, -0.2) is 0 Å². The van der Waals surface area contributed by atoms with E-state index in [2.05, 4.69) is 4.40 Å². The summed E-state index contributed by atoms with van der Waals surface area (Å²) in [5, 5.41) is 1.54. The van der Waals surface area contributed by atoms with Crippen molar-refractivity contribution in [2.24, 2.45) is 4.40 Å². The molecular formula is C11H6ClNO2S. The highest BCUT2D eigenvalue weighted by atomic mass is 35.5. The fraction of sp³-hybridized carbons (Fsp3) is 0. The van der Waals surface area contributed by atoms with Crippen LogP contribution in [0.15, 0.2) is 45.7 Å². The minimum atomic E-state index is -3.64. The molecule has 0 saturated heterocycles. The first-order chi connectivity index (χ1) is 7.59. The van der Waals surface area contributed by atoms with Gasteiger partial charge in [-0.3, -0.25) is 0 Å². The quantitative estimate of drug-likeness (QED) is 0.722. The van der Waals surface area contributed by atoms with Crippen molar-refractivity contribution in [2.45, 2.75) is 4.90 Å². The van der Waals surface area contributed by atoms with Crippen LogP contribution in [0.25, 0.3) is 10.8 Å². The second kappa shape index (κ2) is 3.06. The molecule has 0 saturated carbocycles. The summed E-state index contributed by atoms with van der Waals surface area (Å²) < 4.78 is 27.1. The summed E-state index contributed by atoms with van der Waals surface area (Å²) in [7, 11) is -3.64. The Morgan fingerprint density at radius 1 is 1.06 bits per heavy atom. The lowest BCUT2D eigenvalue weighted by Gasteiger charge is -2.13. The van der Waals surface area contributed by atoms with Crippen LogP contribution in [0.3, 0.4) is 0 Å². The Kier molecular flexibility index (Phi) is 1.87. The smallest absolute Gasteiger partial charge is 0.199 e. The first kappa shape index (κ1) is 9.81. The van der Waals surface area contributed by atoms with Gasteiger partial charge in [0, 0.05) is 10.9 Å². The van der Waals surface area contributed by atoms with Gasteiger partial charge >= 0.3 is 0 Å². The minimum absolute atomic E-state index is 0.0318. The molecule has 2 aromatic carbocycles. The van der Waals surface area contributed by atoms with Gasteiger partial charge in [-0.15, -0.1) is 4.40 Å². The molecule has 0 amide bonds. The fourth-order valence-corrected chi connectivity index (χ4v) is 3.47. The summed E-state index contributed by atoms with van der Waals surface area (Å²) in [5.74, 6) is 0. The number of hydrogen-bond donors (Lipinski definition) is 0. The fourth-order valence-electron chi connectivity index (χ4n) is 1.90. The number of nitrogens with zero attached hydrogens (tertiary/aromatic N) is 1. The monoisotopic (exact) mass is 251 g/mol. The Bertz CT molecular complexity index is 729. The number of benzene rings is 2. The van der Waals surface area contributed by atoms with Crippen LogP contribution in [-0.4, -0.2) is 13.6 Å². The Morgan fingerprint density at radius 2 is 1.75 bits per heavy atom. The van der Waals surface area contributed by atoms with E-state index in [4.69, 9.17) is 11.6 Å². The maximum absolute atomic E-state index is 11.8. The van der Waals surface area contributed by atoms with Crippen molar-refractivity contribution in [1.29, 1.82) is 0 Å². The third-order valence-electron chi connectivity index (χ3n) is 2.57. The lowest BCUT2D eigenvalue weighted by molar-refractivity contribution is 0.598. The first-order valence-corrected chi connectivity index (χ1v) is 6.44. The second-order valence-electron chi connectivity index (χ2n) is 3.52. The summed E-state index contributed by atoms with van der Waals surface area (Å²) in [5.41, 5.74) is 0.671. The van der Waals surface area contributed by atoms with E-state index in [0.29, 0.717) is 10.9 Å². The van der Waals surface area contributed by atoms with E-state index < -0.39 is 10.0 Å². The van der Waals surface area contributed by atoms with Crippen molar-refractivity contribution < 1.29 is 8.42 Å². The Labute approximate surface area is 97.4 Å². The standard InChI is InChI=1S/C11H6ClNO2S/c12-11-8-5-1-3-7-4-2-6-9(10(7)8)16(14,15)13-11/h1-6H. The average Bonchev–Trinajstić information content (AvgIpc) is 2.25. The predicted octanol–water partition coefficient (Wildman–Crippen LogP) is 2.53. The van der Waals surface area contributed by atoms with Crippen LogP contribution in [-0.2, 0) is 10.0 Å². The van der Waals surface area contributed by atoms with Gasteiger partial charge in [0.05, 0.1) is 4.90 Å². The van der Waals surface area contributed by atoms with Crippen LogP contribution in [0.2, 0.25) is 0 Å². The van der Waals surface area contributed by atoms with Crippen LogP contribution in [0.1, 0.15) is 5.56 Å². The maximum Gasteiger partial charge on any atom is 0.284 e. The Morgan fingerprint density at radius 3 is 2.50 bits per heavy atom. The number of halogens is 1. The summed E-state index contributed by atoms with van der Waals surface area (Å²) in [6, 6.07) is 10.6. The van der Waals surface area contributed by atoms with Gasteiger partial charge in [0.2, 0.25) is 0 Å². The SMILES string of the molecule is O=S1(=O)N=C(Cl)c2cccc3cccc1c23. The molecule has 0 unspecified atom stereocenters. The van der Waals surface area contributed by atoms with E-state index in [1.165, 1.54) is 0 Å². The summed E-state index contributed by atoms with van der Waals surface area (Å²) >= 11 is 5.87. The van der Waals surface area contributed by atoms with Gasteiger partial charge in [-0.1, -0.05) is 41.9 Å². The average molecular weight is 252 g/mol. The molecule has 5 heteroatoms. The highest BCUT2D eigenvalue weighted by Gasteiger charge is 2.25. The van der Waals surface area contributed by atoms with Gasteiger partial charge in [0.1, 0.15) is 0 Å². The molecule has 3 rings (SSSR count). The van der Waals surface area contributed by atoms with Crippen molar-refractivity contribution in [2.75, 3.05) is 0 Å². The maximum atomic E-state index is 11.8. The van der Waals surface area contributed by atoms with E-state index >= 15 is 0 Å². The molecule has 1 heterocycles. The van der Waals surface area contributed by atoms with Crippen molar-refractivity contribution in [3.8, 4) is 0 Å². The number of rotatable bonds is 0. The minimum Gasteiger partial charge on any atom is -0.199 e. The molecule has 0 radical (unpaired) electrons. The summed E-state index contributed by atoms with van der Waals surface area (Å²) in [6.07, 6.45) is 0. The zero-order valence-corrected chi connectivity index (χ0v) is 9.59. The Balaban J connectivity index is 2.64. The van der Waals surface area contributed by atoms with Gasteiger partial charge in [0.15, 0.2) is 5.17 Å². The molecule has 0 aliphatic carbocycles. The van der Waals surface area contributed by atoms with Crippen LogP contribution >= 0.6 is 11.6 Å². The largest absolute Gasteiger partial charge is 0.284 e. The van der Waals surface area contributed by atoms with Gasteiger partial charge in [-0.2, -0.15) is 8.42 Å². The van der Waals surface area contributed by atoms with Crippen molar-refractivity contribution in [3.05, 3.63) is 42.0 Å². The second-order valence-corrected chi connectivity index (χ2v) is 5.45. The highest BCUT2D eigenvalue weighted by molar-refractivity contribution is 7.90. The molecule has 80 valence electrons. The van der Waals surface area contributed by atoms with E-state index in [9.17, 15) is 8.42 Å². The third kappa shape index (κ3) is 1.20. The zero-order chi connectivity index (χ0) is 11.3. The molecule has 1 aliphatic heterocycles. The van der Waals surface area contributed by atoms with E-state index in [1.807, 2.05) is 18.2 Å². The van der Waals surface area contributed by atoms with Crippen molar-refractivity contribution in [1.82, 2.24) is 0 Å². The van der Waals surface area contributed by atoms with E-state index in [1.54, 1.807) is 18.2 Å². The summed E-state index contributed by atoms with van der Waals surface area (Å²) in [6.45, 7) is 0. The molecule has 2 aromatic rings. The molecule has 0 bridgehead atoms. The molecule has 1 aliphatic rings. The lowest BCUT2D eigenvalue weighted by Crippen LogP contribution is -2.09. The van der Waals surface area contributed by atoms with Crippen LogP contribution in [0, 0.1) is 0 Å². The molecule has 3 nitrogen and oxygen atoms in total. The van der Waals surface area contributed by atoms with Crippen molar-refractivity contribution in [3.63, 3.8) is 0 Å². The third-order valence-corrected chi connectivity index (χ3v) is 4.27. The van der Waals surface area contributed by atoms with Crippen LogP contribution in [0.4, 0.5) is 0 Å². The lowest BCUT2D eigenvalue weighted by atomic mass is 10.1. The van der Waals surface area contributed by atoms with Gasteiger partial charge in [0.25, 0.3) is 10.0 Å². The number of sulfonamides is 1. The molecule has 0 fully saturated rings. The molecule has 0 aromatic heterocycles. The van der Waals surface area contributed by atoms with Crippen LogP contribution < -0.4 is 0 Å². The Hall–Kier alpha value is -1.39.